The van der Waals surface area contributed by atoms with Gasteiger partial charge in [-0.2, -0.15) is 17.6 Å². The Morgan fingerprint density at radius 2 is 1.54 bits per heavy atom. The molecule has 4 saturated carbocycles. The van der Waals surface area contributed by atoms with E-state index in [9.17, 15) is 35.3 Å². The highest BCUT2D eigenvalue weighted by atomic mass is 32.2. The van der Waals surface area contributed by atoms with Crippen LogP contribution in [0.15, 0.2) is 0 Å². The van der Waals surface area contributed by atoms with Gasteiger partial charge in [-0.15, -0.1) is 0 Å². The predicted molar refractivity (Wildman–Crippen MR) is 80.4 cm³/mol. The van der Waals surface area contributed by atoms with Crippen molar-refractivity contribution in [3.8, 4) is 0 Å². The van der Waals surface area contributed by atoms with Gasteiger partial charge in [-0.3, -0.25) is 4.79 Å². The summed E-state index contributed by atoms with van der Waals surface area (Å²) in [6.45, 7) is -1.06. The Hall–Kier alpha value is -0.900. The molecule has 0 aromatic carbocycles. The minimum atomic E-state index is -6.53. The Morgan fingerprint density at radius 3 is 2.04 bits per heavy atom. The zero-order chi connectivity index (χ0) is 19.4. The lowest BCUT2D eigenvalue weighted by Gasteiger charge is -2.46. The van der Waals surface area contributed by atoms with Crippen molar-refractivity contribution in [3.05, 3.63) is 0 Å². The van der Waals surface area contributed by atoms with Gasteiger partial charge in [-0.25, -0.2) is 8.42 Å². The second-order valence-corrected chi connectivity index (χ2v) is 9.52. The molecule has 0 aromatic heterocycles. The highest BCUT2D eigenvalue weighted by Crippen LogP contribution is 2.58. The molecule has 0 spiro atoms. The number of carbonyl (C=O) groups excluding carboxylic acids is 1. The molecule has 0 amide bonds. The molecule has 2 unspecified atom stereocenters. The molecule has 4 rings (SSSR count). The van der Waals surface area contributed by atoms with Gasteiger partial charge in [0.05, 0.1) is 18.4 Å². The smallest absolute Gasteiger partial charge is 0.396 e. The van der Waals surface area contributed by atoms with Gasteiger partial charge >= 0.3 is 17.1 Å². The molecule has 0 N–H and O–H groups in total. The number of carbonyl (C=O) groups is 1. The predicted octanol–water partition coefficient (Wildman–Crippen LogP) is 3.30. The van der Waals surface area contributed by atoms with Crippen LogP contribution >= 0.6 is 0 Å². The standard InChI is InChI=1S/C16H22F4O5S/c17-15(18,16(19,20)26(22,23)24)3-4-25-13(21)14-7-10-1-2-11(8-14)6-12(5-10)9-14/h10-12H,1-9H2,(H,22,23,24)/p-1. The number of hydrogen-bond acceptors (Lipinski definition) is 5. The van der Waals surface area contributed by atoms with E-state index in [-0.39, 0.29) is 0 Å². The van der Waals surface area contributed by atoms with Crippen LogP contribution in [0.25, 0.3) is 0 Å². The minimum Gasteiger partial charge on any atom is -0.743 e. The van der Waals surface area contributed by atoms with Gasteiger partial charge in [-0.1, -0.05) is 12.8 Å². The van der Waals surface area contributed by atoms with Gasteiger partial charge in [0.2, 0.25) is 0 Å². The van der Waals surface area contributed by atoms with Gasteiger partial charge in [0.25, 0.3) is 0 Å². The second-order valence-electron chi connectivity index (χ2n) is 8.10. The van der Waals surface area contributed by atoms with Crippen molar-refractivity contribution in [2.24, 2.45) is 23.2 Å². The van der Waals surface area contributed by atoms with Gasteiger partial charge in [0.1, 0.15) is 0 Å². The van der Waals surface area contributed by atoms with E-state index in [0.717, 1.165) is 25.7 Å². The first-order valence-electron chi connectivity index (χ1n) is 8.75. The van der Waals surface area contributed by atoms with Crippen molar-refractivity contribution in [1.82, 2.24) is 0 Å². The van der Waals surface area contributed by atoms with Crippen LogP contribution < -0.4 is 0 Å². The SMILES string of the molecule is O=C(OCCC(F)(F)C(F)(F)S(=O)(=O)[O-])C12CC3CCC(CC(C3)C1)C2. The third kappa shape index (κ3) is 3.34. The number of esters is 1. The highest BCUT2D eigenvalue weighted by Gasteiger charge is 2.61. The van der Waals surface area contributed by atoms with Crippen LogP contribution in [0.2, 0.25) is 0 Å². The van der Waals surface area contributed by atoms with E-state index in [2.05, 4.69) is 0 Å². The summed E-state index contributed by atoms with van der Waals surface area (Å²) in [5.74, 6) is -4.58. The maximum atomic E-state index is 13.5. The molecule has 4 fully saturated rings. The zero-order valence-corrected chi connectivity index (χ0v) is 14.9. The fourth-order valence-electron chi connectivity index (χ4n) is 5.19. The minimum absolute atomic E-state index is 0.394. The molecule has 4 bridgehead atoms. The largest absolute Gasteiger partial charge is 0.743 e. The van der Waals surface area contributed by atoms with Crippen molar-refractivity contribution < 1.29 is 40.1 Å². The summed E-state index contributed by atoms with van der Waals surface area (Å²) in [4.78, 5) is 12.5. The fraction of sp³-hybridized carbons (Fsp3) is 0.938. The molecule has 26 heavy (non-hydrogen) atoms. The summed E-state index contributed by atoms with van der Waals surface area (Å²) in [6.07, 6.45) is 4.32. The highest BCUT2D eigenvalue weighted by molar-refractivity contribution is 7.86. The quantitative estimate of drug-likeness (QED) is 0.387. The maximum absolute atomic E-state index is 13.5. The molecule has 5 nitrogen and oxygen atoms in total. The van der Waals surface area contributed by atoms with Crippen LogP contribution in [0.1, 0.15) is 51.4 Å². The summed E-state index contributed by atoms with van der Waals surface area (Å²) < 4.78 is 89.1. The Labute approximate surface area is 149 Å². The van der Waals surface area contributed by atoms with E-state index in [1.165, 1.54) is 0 Å². The number of alkyl halides is 4. The van der Waals surface area contributed by atoms with Crippen molar-refractivity contribution in [2.75, 3.05) is 6.61 Å². The van der Waals surface area contributed by atoms with Gasteiger partial charge < -0.3 is 9.29 Å². The molecule has 0 radical (unpaired) electrons. The molecule has 2 atom stereocenters. The van der Waals surface area contributed by atoms with E-state index in [4.69, 9.17) is 4.74 Å². The molecular weight excluding hydrogens is 380 g/mol. The lowest BCUT2D eigenvalue weighted by molar-refractivity contribution is -0.182. The summed E-state index contributed by atoms with van der Waals surface area (Å²) in [6, 6.07) is 0. The van der Waals surface area contributed by atoms with Gasteiger partial charge in [0, 0.05) is 0 Å². The molecule has 0 aromatic rings. The van der Waals surface area contributed by atoms with Crippen LogP contribution in [0.5, 0.6) is 0 Å². The molecule has 4 aliphatic rings. The van der Waals surface area contributed by atoms with Crippen LogP contribution in [0.3, 0.4) is 0 Å². The van der Waals surface area contributed by atoms with Crippen molar-refractivity contribution >= 4 is 16.1 Å². The number of ether oxygens (including phenoxy) is 1. The molecular formula is C16H21F4O5S-. The first kappa shape index (κ1) is 19.9. The third-order valence-corrected chi connectivity index (χ3v) is 7.10. The van der Waals surface area contributed by atoms with Crippen LogP contribution in [0, 0.1) is 23.2 Å². The van der Waals surface area contributed by atoms with E-state index in [0.29, 0.717) is 37.0 Å². The molecule has 0 heterocycles. The first-order chi connectivity index (χ1) is 11.9. The van der Waals surface area contributed by atoms with Crippen molar-refractivity contribution in [1.29, 1.82) is 0 Å². The van der Waals surface area contributed by atoms with Crippen LogP contribution in [0.4, 0.5) is 17.6 Å². The first-order valence-corrected chi connectivity index (χ1v) is 10.2. The third-order valence-electron chi connectivity index (χ3n) is 6.18. The topological polar surface area (TPSA) is 83.5 Å². The molecule has 0 saturated heterocycles. The number of rotatable bonds is 6. The number of halogens is 4. The molecule has 10 heteroatoms. The van der Waals surface area contributed by atoms with E-state index >= 15 is 0 Å². The zero-order valence-electron chi connectivity index (χ0n) is 14.1. The number of fused-ring (bicyclic) bond motifs is 1. The Morgan fingerprint density at radius 1 is 1.04 bits per heavy atom. The van der Waals surface area contributed by atoms with E-state index in [1.807, 2.05) is 0 Å². The van der Waals surface area contributed by atoms with Crippen LogP contribution in [-0.4, -0.2) is 36.7 Å². The van der Waals surface area contributed by atoms with Gasteiger partial charge in [-0.05, 0) is 49.9 Å². The Kier molecular flexibility index (Phi) is 4.83. The lowest BCUT2D eigenvalue weighted by Crippen LogP contribution is -2.48. The summed E-state index contributed by atoms with van der Waals surface area (Å²) in [5.41, 5.74) is -0.741. The lowest BCUT2D eigenvalue weighted by atomic mass is 9.58. The Bertz CT molecular complexity index is 662. The monoisotopic (exact) mass is 401 g/mol. The number of hydrogen-bond donors (Lipinski definition) is 0. The van der Waals surface area contributed by atoms with Crippen molar-refractivity contribution in [3.63, 3.8) is 0 Å². The summed E-state index contributed by atoms with van der Waals surface area (Å²) >= 11 is 0. The van der Waals surface area contributed by atoms with E-state index in [1.54, 1.807) is 0 Å². The maximum Gasteiger partial charge on any atom is 0.396 e. The molecule has 4 aliphatic carbocycles. The summed E-state index contributed by atoms with van der Waals surface area (Å²) in [5, 5.41) is -5.75. The molecule has 0 aliphatic heterocycles. The normalized spacial score (nSPS) is 34.6. The molecule has 150 valence electrons. The van der Waals surface area contributed by atoms with E-state index < -0.39 is 45.7 Å². The van der Waals surface area contributed by atoms with Crippen LogP contribution in [-0.2, 0) is 19.6 Å². The average Bonchev–Trinajstić information content (AvgIpc) is 2.71. The Balaban J connectivity index is 1.63. The summed E-state index contributed by atoms with van der Waals surface area (Å²) in [7, 11) is -6.53. The average molecular weight is 401 g/mol. The van der Waals surface area contributed by atoms with Gasteiger partial charge in [0.15, 0.2) is 10.1 Å². The fourth-order valence-corrected chi connectivity index (χ4v) is 5.66. The van der Waals surface area contributed by atoms with Crippen molar-refractivity contribution in [2.45, 2.75) is 62.5 Å². The second kappa shape index (κ2) is 6.32.